The number of allylic oxidation sites excluding steroid dienone is 1. The Bertz CT molecular complexity index is 904. The molecule has 6 heteroatoms. The molecule has 1 aliphatic rings. The smallest absolute Gasteiger partial charge is 0.262 e. The first kappa shape index (κ1) is 19.5. The molecule has 2 aromatic carbocycles. The fraction of sp³-hybridized carbons (Fsp3) is 0.273. The van der Waals surface area contributed by atoms with Crippen molar-refractivity contribution in [1.29, 1.82) is 0 Å². The number of ketones is 1. The molecule has 0 atom stereocenters. The monoisotopic (exact) mass is 381 g/mol. The van der Waals surface area contributed by atoms with Gasteiger partial charge in [0.25, 0.3) is 5.91 Å². The number of ether oxygens (including phenoxy) is 3. The molecule has 0 aromatic heterocycles. The molecule has 1 N–H and O–H groups in total. The molecule has 1 amide bonds. The van der Waals surface area contributed by atoms with Gasteiger partial charge in [0.05, 0.1) is 18.9 Å². The highest BCUT2D eigenvalue weighted by molar-refractivity contribution is 6.08. The van der Waals surface area contributed by atoms with Crippen LogP contribution < -0.4 is 19.5 Å². The van der Waals surface area contributed by atoms with Crippen molar-refractivity contribution < 1.29 is 23.8 Å². The van der Waals surface area contributed by atoms with E-state index in [1.54, 1.807) is 24.3 Å². The van der Waals surface area contributed by atoms with Crippen LogP contribution in [0.25, 0.3) is 6.08 Å². The minimum absolute atomic E-state index is 0.0170. The summed E-state index contributed by atoms with van der Waals surface area (Å²) in [6, 6.07) is 10.6. The van der Waals surface area contributed by atoms with Gasteiger partial charge in [-0.05, 0) is 49.8 Å². The van der Waals surface area contributed by atoms with Crippen LogP contribution in [0.15, 0.2) is 42.5 Å². The maximum absolute atomic E-state index is 12.6. The maximum atomic E-state index is 12.6. The molecule has 0 spiro atoms. The van der Waals surface area contributed by atoms with Crippen LogP contribution in [0, 0.1) is 0 Å². The van der Waals surface area contributed by atoms with Crippen LogP contribution in [0.3, 0.4) is 0 Å². The molecule has 6 nitrogen and oxygen atoms in total. The molecule has 146 valence electrons. The lowest BCUT2D eigenvalue weighted by Crippen LogP contribution is -2.25. The van der Waals surface area contributed by atoms with Gasteiger partial charge in [0.1, 0.15) is 5.75 Å². The number of carbonyl (C=O) groups is 2. The average molecular weight is 381 g/mol. The van der Waals surface area contributed by atoms with E-state index in [1.807, 2.05) is 32.0 Å². The SMILES string of the molecule is CCCOc1c(/C=C/C(=O)c2ccc3c(c2)NC(=O)CO3)cccc1OCC. The fourth-order valence-corrected chi connectivity index (χ4v) is 2.79. The van der Waals surface area contributed by atoms with E-state index < -0.39 is 0 Å². The number of hydrogen-bond donors (Lipinski definition) is 1. The predicted octanol–water partition coefficient (Wildman–Crippen LogP) is 4.10. The number of para-hydroxylation sites is 1. The minimum atomic E-state index is -0.238. The number of nitrogens with one attached hydrogen (secondary N) is 1. The molecule has 0 unspecified atom stereocenters. The first-order valence-electron chi connectivity index (χ1n) is 9.30. The molecule has 28 heavy (non-hydrogen) atoms. The normalized spacial score (nSPS) is 12.9. The van der Waals surface area contributed by atoms with Crippen LogP contribution in [0.4, 0.5) is 5.69 Å². The summed E-state index contributed by atoms with van der Waals surface area (Å²) in [4.78, 5) is 24.1. The van der Waals surface area contributed by atoms with Crippen molar-refractivity contribution in [2.24, 2.45) is 0 Å². The lowest BCUT2D eigenvalue weighted by atomic mass is 10.1. The maximum Gasteiger partial charge on any atom is 0.262 e. The number of rotatable bonds is 8. The van der Waals surface area contributed by atoms with Crippen LogP contribution in [-0.4, -0.2) is 31.5 Å². The first-order chi connectivity index (χ1) is 13.6. The van der Waals surface area contributed by atoms with Crippen molar-refractivity contribution in [3.05, 3.63) is 53.6 Å². The topological polar surface area (TPSA) is 73.9 Å². The molecule has 0 aliphatic carbocycles. The van der Waals surface area contributed by atoms with Crippen LogP contribution in [0.2, 0.25) is 0 Å². The quantitative estimate of drug-likeness (QED) is 0.550. The third-order valence-electron chi connectivity index (χ3n) is 4.07. The van der Waals surface area contributed by atoms with Crippen LogP contribution in [-0.2, 0) is 4.79 Å². The molecule has 0 saturated heterocycles. The summed E-state index contributed by atoms with van der Waals surface area (Å²) in [5.41, 5.74) is 1.72. The van der Waals surface area contributed by atoms with Crippen LogP contribution in [0.1, 0.15) is 36.2 Å². The van der Waals surface area contributed by atoms with Crippen molar-refractivity contribution in [3.63, 3.8) is 0 Å². The standard InChI is InChI=1S/C22H23NO5/c1-3-12-27-22-15(6-5-7-20(22)26-4-2)8-10-18(24)16-9-11-19-17(13-16)23-21(25)14-28-19/h5-11,13H,3-4,12,14H2,1-2H3,(H,23,25)/b10-8+. The highest BCUT2D eigenvalue weighted by Crippen LogP contribution is 2.33. The summed E-state index contributed by atoms with van der Waals surface area (Å²) in [6.07, 6.45) is 4.06. The van der Waals surface area contributed by atoms with Gasteiger partial charge < -0.3 is 19.5 Å². The number of amides is 1. The van der Waals surface area contributed by atoms with E-state index in [4.69, 9.17) is 14.2 Å². The number of carbonyl (C=O) groups excluding carboxylic acids is 2. The predicted molar refractivity (Wildman–Crippen MR) is 107 cm³/mol. The van der Waals surface area contributed by atoms with Crippen molar-refractivity contribution in [1.82, 2.24) is 0 Å². The Hall–Kier alpha value is -3.28. The van der Waals surface area contributed by atoms with Gasteiger partial charge in [-0.25, -0.2) is 0 Å². The molecule has 0 saturated carbocycles. The van der Waals surface area contributed by atoms with Crippen molar-refractivity contribution in [2.45, 2.75) is 20.3 Å². The molecular weight excluding hydrogens is 358 g/mol. The van der Waals surface area contributed by atoms with Crippen LogP contribution in [0.5, 0.6) is 17.2 Å². The van der Waals surface area contributed by atoms with Crippen molar-refractivity contribution in [3.8, 4) is 17.2 Å². The van der Waals surface area contributed by atoms with Gasteiger partial charge in [0.2, 0.25) is 0 Å². The van der Waals surface area contributed by atoms with Crippen molar-refractivity contribution >= 4 is 23.5 Å². The molecule has 1 aliphatic heterocycles. The Morgan fingerprint density at radius 3 is 2.86 bits per heavy atom. The third kappa shape index (κ3) is 4.52. The summed E-state index contributed by atoms with van der Waals surface area (Å²) < 4.78 is 16.8. The first-order valence-corrected chi connectivity index (χ1v) is 9.30. The lowest BCUT2D eigenvalue weighted by molar-refractivity contribution is -0.118. The highest BCUT2D eigenvalue weighted by atomic mass is 16.5. The average Bonchev–Trinajstić information content (AvgIpc) is 2.70. The summed E-state index contributed by atoms with van der Waals surface area (Å²) >= 11 is 0. The molecule has 0 radical (unpaired) electrons. The zero-order chi connectivity index (χ0) is 19.9. The number of benzene rings is 2. The number of hydrogen-bond acceptors (Lipinski definition) is 5. The zero-order valence-electron chi connectivity index (χ0n) is 16.0. The van der Waals surface area contributed by atoms with Gasteiger partial charge in [-0.3, -0.25) is 9.59 Å². The van der Waals surface area contributed by atoms with Gasteiger partial charge in [-0.1, -0.05) is 19.1 Å². The van der Waals surface area contributed by atoms with E-state index in [0.717, 1.165) is 12.0 Å². The molecular formula is C22H23NO5. The lowest BCUT2D eigenvalue weighted by Gasteiger charge is -2.18. The Morgan fingerprint density at radius 2 is 2.07 bits per heavy atom. The Kier molecular flexibility index (Phi) is 6.32. The molecule has 1 heterocycles. The summed E-state index contributed by atoms with van der Waals surface area (Å²) in [5, 5.41) is 2.71. The van der Waals surface area contributed by atoms with Gasteiger partial charge in [0.15, 0.2) is 23.9 Å². The highest BCUT2D eigenvalue weighted by Gasteiger charge is 2.17. The van der Waals surface area contributed by atoms with Gasteiger partial charge in [-0.15, -0.1) is 0 Å². The summed E-state index contributed by atoms with van der Waals surface area (Å²) in [7, 11) is 0. The van der Waals surface area contributed by atoms with Gasteiger partial charge >= 0.3 is 0 Å². The van der Waals surface area contributed by atoms with E-state index in [0.29, 0.717) is 41.7 Å². The van der Waals surface area contributed by atoms with Crippen molar-refractivity contribution in [2.75, 3.05) is 25.1 Å². The Morgan fingerprint density at radius 1 is 1.21 bits per heavy atom. The fourth-order valence-electron chi connectivity index (χ4n) is 2.79. The molecule has 0 fully saturated rings. The summed E-state index contributed by atoms with van der Waals surface area (Å²) in [5.74, 6) is 1.41. The van der Waals surface area contributed by atoms with E-state index >= 15 is 0 Å². The molecule has 0 bridgehead atoms. The second-order valence-electron chi connectivity index (χ2n) is 6.20. The van der Waals surface area contributed by atoms with Crippen LogP contribution >= 0.6 is 0 Å². The van der Waals surface area contributed by atoms with Gasteiger partial charge in [-0.2, -0.15) is 0 Å². The second kappa shape index (κ2) is 9.08. The van der Waals surface area contributed by atoms with E-state index in [1.165, 1.54) is 6.08 Å². The number of anilines is 1. The van der Waals surface area contributed by atoms with E-state index in [-0.39, 0.29) is 18.3 Å². The number of fused-ring (bicyclic) bond motifs is 1. The zero-order valence-corrected chi connectivity index (χ0v) is 16.0. The molecule has 2 aromatic rings. The second-order valence-corrected chi connectivity index (χ2v) is 6.20. The van der Waals surface area contributed by atoms with E-state index in [9.17, 15) is 9.59 Å². The van der Waals surface area contributed by atoms with Gasteiger partial charge in [0, 0.05) is 11.1 Å². The summed E-state index contributed by atoms with van der Waals surface area (Å²) in [6.45, 7) is 5.01. The minimum Gasteiger partial charge on any atom is -0.490 e. The molecule has 3 rings (SSSR count). The Balaban J connectivity index is 1.83. The van der Waals surface area contributed by atoms with E-state index in [2.05, 4.69) is 5.32 Å². The Labute approximate surface area is 164 Å². The largest absolute Gasteiger partial charge is 0.490 e. The third-order valence-corrected chi connectivity index (χ3v) is 4.07.